The van der Waals surface area contributed by atoms with Crippen LogP contribution in [-0.2, 0) is 37.2 Å². The molecule has 2 amide bonds. The summed E-state index contributed by atoms with van der Waals surface area (Å²) in [6.07, 6.45) is 14.1. The summed E-state index contributed by atoms with van der Waals surface area (Å²) in [7, 11) is 0. The van der Waals surface area contributed by atoms with Gasteiger partial charge in [-0.3, -0.25) is 19.2 Å². The van der Waals surface area contributed by atoms with E-state index in [0.717, 1.165) is 30.4 Å². The maximum Gasteiger partial charge on any atom is 0.306 e. The van der Waals surface area contributed by atoms with E-state index in [1.807, 2.05) is 66.7 Å². The molecule has 0 aromatic heterocycles. The van der Waals surface area contributed by atoms with Crippen molar-refractivity contribution in [1.82, 2.24) is 15.7 Å². The third-order valence-electron chi connectivity index (χ3n) is 7.33. The number of rotatable bonds is 19. The molecule has 1 aliphatic rings. The normalized spacial score (nSPS) is 14.4. The molecule has 1 saturated heterocycles. The first-order valence-electron chi connectivity index (χ1n) is 15.4. The summed E-state index contributed by atoms with van der Waals surface area (Å²) in [6.45, 7) is 4.08. The van der Waals surface area contributed by atoms with Crippen molar-refractivity contribution in [2.75, 3.05) is 19.6 Å². The Labute approximate surface area is 250 Å². The Kier molecular flexibility index (Phi) is 16.0. The lowest BCUT2D eigenvalue weighted by molar-refractivity contribution is -0.146. The van der Waals surface area contributed by atoms with Crippen molar-refractivity contribution in [1.29, 1.82) is 0 Å². The second kappa shape index (κ2) is 20.4. The number of benzene rings is 2. The lowest BCUT2D eigenvalue weighted by Crippen LogP contribution is -2.46. The molecule has 42 heavy (non-hydrogen) atoms. The van der Waals surface area contributed by atoms with Crippen LogP contribution in [0, 0.1) is 0 Å². The second-order valence-corrected chi connectivity index (χ2v) is 10.8. The number of nitrogens with one attached hydrogen (secondary N) is 2. The van der Waals surface area contributed by atoms with Crippen LogP contribution >= 0.6 is 0 Å². The zero-order chi connectivity index (χ0) is 29.7. The van der Waals surface area contributed by atoms with Crippen LogP contribution in [0.5, 0.6) is 0 Å². The Morgan fingerprint density at radius 1 is 0.810 bits per heavy atom. The zero-order valence-corrected chi connectivity index (χ0v) is 24.8. The Balaban J connectivity index is 1.36. The fourth-order valence-corrected chi connectivity index (χ4v) is 4.90. The molecule has 1 heterocycles. The van der Waals surface area contributed by atoms with E-state index in [1.54, 1.807) is 0 Å². The van der Waals surface area contributed by atoms with Crippen molar-refractivity contribution in [2.24, 2.45) is 0 Å². The van der Waals surface area contributed by atoms with Crippen LogP contribution in [0.2, 0.25) is 0 Å². The summed E-state index contributed by atoms with van der Waals surface area (Å²) < 4.78 is 5.33. The predicted octanol–water partition coefficient (Wildman–Crippen LogP) is 5.63. The number of likely N-dealkylation sites (tertiary alicyclic amines) is 1. The summed E-state index contributed by atoms with van der Waals surface area (Å²) >= 11 is 0. The van der Waals surface area contributed by atoms with Gasteiger partial charge in [0.2, 0.25) is 5.91 Å². The summed E-state index contributed by atoms with van der Waals surface area (Å²) in [5, 5.41) is 2.71. The molecule has 2 aromatic carbocycles. The molecule has 0 spiro atoms. The number of unbranched alkanes of at least 4 members (excludes halogenated alkanes) is 5. The fraction of sp³-hybridized carbons (Fsp3) is 0.500. The maximum atomic E-state index is 12.8. The Hall–Kier alpha value is -3.49. The number of carbonyl (C=O) groups is 3. The van der Waals surface area contributed by atoms with Crippen LogP contribution in [0.1, 0.15) is 81.8 Å². The molecular formula is C34H47N3O5. The molecule has 2 N–H and O–H groups in total. The molecule has 0 saturated carbocycles. The number of allylic oxidation sites excluding steroid dienone is 1. The van der Waals surface area contributed by atoms with E-state index in [1.165, 1.54) is 64.2 Å². The molecule has 0 radical (unpaired) electrons. The first-order valence-corrected chi connectivity index (χ1v) is 15.4. The highest BCUT2D eigenvalue weighted by molar-refractivity contribution is 5.92. The minimum absolute atomic E-state index is 0.0225. The fourth-order valence-electron chi connectivity index (χ4n) is 4.90. The monoisotopic (exact) mass is 577 g/mol. The molecule has 2 aromatic rings. The van der Waals surface area contributed by atoms with Gasteiger partial charge in [-0.15, -0.1) is 0 Å². The molecule has 0 unspecified atom stereocenters. The van der Waals surface area contributed by atoms with E-state index in [0.29, 0.717) is 0 Å². The minimum Gasteiger partial charge on any atom is -0.461 e. The molecule has 8 heteroatoms. The van der Waals surface area contributed by atoms with E-state index < -0.39 is 17.9 Å². The van der Waals surface area contributed by atoms with Crippen molar-refractivity contribution in [3.63, 3.8) is 0 Å². The SMILES string of the molecule is O=C(C=CCCCCCCCN1CCCCC1)N[C@H](CCC(=O)OCc1ccccc1)C(=O)NOCc1ccccc1. The average Bonchev–Trinajstić information content (AvgIpc) is 3.02. The van der Waals surface area contributed by atoms with Crippen molar-refractivity contribution in [3.05, 3.63) is 83.9 Å². The Morgan fingerprint density at radius 3 is 2.17 bits per heavy atom. The Bertz CT molecular complexity index is 1070. The summed E-state index contributed by atoms with van der Waals surface area (Å²) in [6, 6.07) is 17.9. The zero-order valence-electron chi connectivity index (χ0n) is 24.8. The third-order valence-corrected chi connectivity index (χ3v) is 7.33. The smallest absolute Gasteiger partial charge is 0.306 e. The first-order chi connectivity index (χ1) is 20.6. The van der Waals surface area contributed by atoms with Crippen LogP contribution in [0.3, 0.4) is 0 Å². The number of carbonyl (C=O) groups excluding carboxylic acids is 3. The van der Waals surface area contributed by atoms with E-state index >= 15 is 0 Å². The molecule has 0 bridgehead atoms. The van der Waals surface area contributed by atoms with E-state index in [-0.39, 0.29) is 32.0 Å². The number of hydrogen-bond donors (Lipinski definition) is 2. The van der Waals surface area contributed by atoms with Gasteiger partial charge in [-0.2, -0.15) is 0 Å². The highest BCUT2D eigenvalue weighted by Gasteiger charge is 2.22. The number of ether oxygens (including phenoxy) is 1. The van der Waals surface area contributed by atoms with Crippen molar-refractivity contribution in [2.45, 2.75) is 89.9 Å². The number of hydroxylamine groups is 1. The van der Waals surface area contributed by atoms with Crippen molar-refractivity contribution in [3.8, 4) is 0 Å². The van der Waals surface area contributed by atoms with Crippen LogP contribution in [0.25, 0.3) is 0 Å². The third kappa shape index (κ3) is 14.4. The minimum atomic E-state index is -0.942. The summed E-state index contributed by atoms with van der Waals surface area (Å²) in [4.78, 5) is 45.7. The molecule has 3 rings (SSSR count). The summed E-state index contributed by atoms with van der Waals surface area (Å²) in [5.74, 6) is -1.34. The molecule has 1 fully saturated rings. The van der Waals surface area contributed by atoms with Gasteiger partial charge in [-0.1, -0.05) is 92.4 Å². The van der Waals surface area contributed by atoms with Crippen LogP contribution in [0.15, 0.2) is 72.8 Å². The van der Waals surface area contributed by atoms with Gasteiger partial charge >= 0.3 is 5.97 Å². The van der Waals surface area contributed by atoms with Crippen molar-refractivity contribution >= 4 is 17.8 Å². The van der Waals surface area contributed by atoms with Gasteiger partial charge < -0.3 is 15.0 Å². The number of esters is 1. The van der Waals surface area contributed by atoms with Crippen LogP contribution in [-0.4, -0.2) is 48.4 Å². The van der Waals surface area contributed by atoms with E-state index in [2.05, 4.69) is 15.7 Å². The number of piperidine rings is 1. The standard InChI is InChI=1S/C34H47N3O5/c38-32(21-13-4-2-1-3-5-14-24-37-25-15-8-16-26-37)35-31(34(40)36-42-28-30-19-11-7-12-20-30)22-23-33(39)41-27-29-17-9-6-10-18-29/h6-7,9-13,17-21,31H,1-5,8,14-16,22-28H2,(H,35,38)(H,36,40)/t31-/m1/s1. The predicted molar refractivity (Wildman–Crippen MR) is 164 cm³/mol. The van der Waals surface area contributed by atoms with Gasteiger partial charge in [0.15, 0.2) is 0 Å². The van der Waals surface area contributed by atoms with E-state index in [9.17, 15) is 14.4 Å². The second-order valence-electron chi connectivity index (χ2n) is 10.8. The van der Waals surface area contributed by atoms with Gasteiger partial charge in [0.1, 0.15) is 12.6 Å². The molecule has 228 valence electrons. The molecule has 1 atom stereocenters. The highest BCUT2D eigenvalue weighted by Crippen LogP contribution is 2.12. The largest absolute Gasteiger partial charge is 0.461 e. The first kappa shape index (κ1) is 33.0. The van der Waals surface area contributed by atoms with Gasteiger partial charge in [0.05, 0.1) is 6.61 Å². The highest BCUT2D eigenvalue weighted by atomic mass is 16.6. The van der Waals surface area contributed by atoms with Gasteiger partial charge in [0, 0.05) is 6.42 Å². The molecule has 8 nitrogen and oxygen atoms in total. The Morgan fingerprint density at radius 2 is 1.45 bits per heavy atom. The topological polar surface area (TPSA) is 97.0 Å². The maximum absolute atomic E-state index is 12.8. The number of nitrogens with zero attached hydrogens (tertiary/aromatic N) is 1. The lowest BCUT2D eigenvalue weighted by Gasteiger charge is -2.26. The lowest BCUT2D eigenvalue weighted by atomic mass is 10.1. The van der Waals surface area contributed by atoms with Gasteiger partial charge in [-0.25, -0.2) is 5.48 Å². The van der Waals surface area contributed by atoms with Crippen molar-refractivity contribution < 1.29 is 24.0 Å². The molecular weight excluding hydrogens is 530 g/mol. The molecule has 0 aliphatic carbocycles. The number of amides is 2. The average molecular weight is 578 g/mol. The van der Waals surface area contributed by atoms with Crippen LogP contribution in [0.4, 0.5) is 0 Å². The summed E-state index contributed by atoms with van der Waals surface area (Å²) in [5.41, 5.74) is 4.18. The van der Waals surface area contributed by atoms with Crippen LogP contribution < -0.4 is 10.8 Å². The van der Waals surface area contributed by atoms with Gasteiger partial charge in [0.25, 0.3) is 5.91 Å². The number of hydrogen-bond acceptors (Lipinski definition) is 6. The molecule has 1 aliphatic heterocycles. The van der Waals surface area contributed by atoms with E-state index in [4.69, 9.17) is 9.57 Å². The van der Waals surface area contributed by atoms with Gasteiger partial charge in [-0.05, 0) is 75.4 Å². The quantitative estimate of drug-likeness (QED) is 0.0973.